The number of hydrogen-bond donors (Lipinski definition) is 1. The maximum atomic E-state index is 13.6. The molecule has 0 aliphatic carbocycles. The van der Waals surface area contributed by atoms with Crippen LogP contribution in [0.2, 0.25) is 0 Å². The molecule has 4 heterocycles. The lowest BCUT2D eigenvalue weighted by Gasteiger charge is -2.30. The average Bonchev–Trinajstić information content (AvgIpc) is 3.34. The number of nitrogens with zero attached hydrogens (tertiary/aromatic N) is 5. The molecular weight excluding hydrogens is 444 g/mol. The maximum absolute atomic E-state index is 13.6. The van der Waals surface area contributed by atoms with Crippen molar-refractivity contribution < 1.29 is 9.53 Å². The van der Waals surface area contributed by atoms with Crippen molar-refractivity contribution in [2.24, 2.45) is 0 Å². The van der Waals surface area contributed by atoms with Crippen LogP contribution in [-0.4, -0.2) is 50.1 Å². The maximum Gasteiger partial charge on any atom is 0.294 e. The van der Waals surface area contributed by atoms with Gasteiger partial charge in [0.2, 0.25) is 5.65 Å². The molecule has 0 atom stereocenters. The number of hydrogen-bond acceptors (Lipinski definition) is 6. The number of ether oxygens (including phenoxy) is 1. The summed E-state index contributed by atoms with van der Waals surface area (Å²) in [5.74, 6) is 0.805. The summed E-state index contributed by atoms with van der Waals surface area (Å²) in [6.07, 6.45) is 2.35. The predicted octanol–water partition coefficient (Wildman–Crippen LogP) is 2.84. The normalized spacial score (nSPS) is 16.4. The number of fused-ring (bicyclic) bond motifs is 4. The molecule has 6 rings (SSSR count). The van der Waals surface area contributed by atoms with E-state index >= 15 is 0 Å². The predicted molar refractivity (Wildman–Crippen MR) is 128 cm³/mol. The minimum absolute atomic E-state index is 0.114. The van der Waals surface area contributed by atoms with E-state index in [9.17, 15) is 14.9 Å². The fourth-order valence-corrected chi connectivity index (χ4v) is 5.32. The van der Waals surface area contributed by atoms with Gasteiger partial charge in [-0.15, -0.1) is 10.2 Å². The molecule has 1 N–H and O–H groups in total. The fourth-order valence-electron chi connectivity index (χ4n) is 5.32. The number of aryl methyl sites for hydroxylation is 1. The lowest BCUT2D eigenvalue weighted by atomic mass is 9.94. The van der Waals surface area contributed by atoms with E-state index in [2.05, 4.69) is 21.3 Å². The van der Waals surface area contributed by atoms with Crippen LogP contribution in [-0.2, 0) is 17.7 Å². The summed E-state index contributed by atoms with van der Waals surface area (Å²) in [7, 11) is 0. The molecule has 1 amide bonds. The van der Waals surface area contributed by atoms with E-state index in [0.29, 0.717) is 49.4 Å². The van der Waals surface area contributed by atoms with Crippen LogP contribution in [0.5, 0.6) is 0 Å². The van der Waals surface area contributed by atoms with Gasteiger partial charge in [-0.3, -0.25) is 14.0 Å². The minimum Gasteiger partial charge on any atom is -0.381 e. The molecule has 35 heavy (non-hydrogen) atoms. The van der Waals surface area contributed by atoms with Crippen molar-refractivity contribution in [3.8, 4) is 6.07 Å². The molecule has 9 heteroatoms. The van der Waals surface area contributed by atoms with Gasteiger partial charge in [0, 0.05) is 37.8 Å². The first-order valence-corrected chi connectivity index (χ1v) is 11.8. The molecule has 1 fully saturated rings. The van der Waals surface area contributed by atoms with Gasteiger partial charge in [-0.25, -0.2) is 0 Å². The van der Waals surface area contributed by atoms with Gasteiger partial charge in [-0.1, -0.05) is 12.1 Å². The molecule has 0 unspecified atom stereocenters. The zero-order chi connectivity index (χ0) is 24.1. The van der Waals surface area contributed by atoms with Gasteiger partial charge < -0.3 is 14.6 Å². The Labute approximate surface area is 201 Å². The Bertz CT molecular complexity index is 1590. The summed E-state index contributed by atoms with van der Waals surface area (Å²) in [6.45, 7) is 4.19. The topological polar surface area (TPSA) is 116 Å². The molecule has 4 aromatic rings. The monoisotopic (exact) mass is 468 g/mol. The van der Waals surface area contributed by atoms with Gasteiger partial charge in [0.25, 0.3) is 11.5 Å². The van der Waals surface area contributed by atoms with Crippen molar-refractivity contribution in [2.45, 2.75) is 38.6 Å². The van der Waals surface area contributed by atoms with Gasteiger partial charge in [0.05, 0.1) is 22.7 Å². The number of aromatic amines is 1. The standard InChI is InChI=1S/C26H24N6O3/c1-15-11-22-21(28-25(33)24-30-29-23(32(22)24)17-6-9-35-10-7-17)12-19(15)26(34)31-8-5-16-3-2-4-18(13-27)20(16)14-31/h2-4,11-12,17H,5-10,14H2,1H3,(H,28,33). The third kappa shape index (κ3) is 3.49. The number of nitriles is 1. The Morgan fingerprint density at radius 2 is 2.06 bits per heavy atom. The molecule has 2 aromatic heterocycles. The first-order chi connectivity index (χ1) is 17.0. The first-order valence-electron chi connectivity index (χ1n) is 11.8. The van der Waals surface area contributed by atoms with E-state index in [-0.39, 0.29) is 23.0 Å². The number of H-pyrrole nitrogens is 1. The van der Waals surface area contributed by atoms with Crippen LogP contribution in [0, 0.1) is 18.3 Å². The zero-order valence-electron chi connectivity index (χ0n) is 19.4. The van der Waals surface area contributed by atoms with E-state index < -0.39 is 0 Å². The Morgan fingerprint density at radius 3 is 2.86 bits per heavy atom. The number of nitrogens with one attached hydrogen (secondary N) is 1. The molecule has 176 valence electrons. The van der Waals surface area contributed by atoms with Crippen molar-refractivity contribution in [2.75, 3.05) is 19.8 Å². The highest BCUT2D eigenvalue weighted by Gasteiger charge is 2.27. The first kappa shape index (κ1) is 21.5. The molecule has 0 bridgehead atoms. The molecular formula is C26H24N6O3. The van der Waals surface area contributed by atoms with E-state index in [4.69, 9.17) is 4.74 Å². The second-order valence-electron chi connectivity index (χ2n) is 9.27. The SMILES string of the molecule is Cc1cc2c(cc1C(=O)N1CCc3cccc(C#N)c3C1)[nH]c(=O)c1nnc(C3CCOCC3)n12. The number of benzene rings is 2. The molecule has 2 aromatic carbocycles. The van der Waals surface area contributed by atoms with Crippen LogP contribution >= 0.6 is 0 Å². The lowest BCUT2D eigenvalue weighted by Crippen LogP contribution is -2.36. The molecule has 0 spiro atoms. The van der Waals surface area contributed by atoms with Gasteiger partial charge in [-0.2, -0.15) is 5.26 Å². The Kier molecular flexibility index (Phi) is 5.11. The Balaban J connectivity index is 1.42. The number of amides is 1. The van der Waals surface area contributed by atoms with E-state index in [0.717, 1.165) is 40.9 Å². The van der Waals surface area contributed by atoms with Crippen LogP contribution in [0.1, 0.15) is 57.2 Å². The molecule has 2 aliphatic heterocycles. The number of carbonyl (C=O) groups is 1. The molecule has 0 radical (unpaired) electrons. The highest BCUT2D eigenvalue weighted by molar-refractivity contribution is 5.99. The van der Waals surface area contributed by atoms with Crippen LogP contribution in [0.4, 0.5) is 0 Å². The Morgan fingerprint density at radius 1 is 1.23 bits per heavy atom. The van der Waals surface area contributed by atoms with E-state index in [1.54, 1.807) is 17.0 Å². The second-order valence-corrected chi connectivity index (χ2v) is 9.27. The largest absolute Gasteiger partial charge is 0.381 e. The van der Waals surface area contributed by atoms with Crippen LogP contribution < -0.4 is 5.56 Å². The Hall–Kier alpha value is -4.03. The third-order valence-corrected chi connectivity index (χ3v) is 7.22. The van der Waals surface area contributed by atoms with Crippen LogP contribution in [0.25, 0.3) is 16.7 Å². The van der Waals surface area contributed by atoms with Gasteiger partial charge in [0.15, 0.2) is 0 Å². The second kappa shape index (κ2) is 8.32. The minimum atomic E-state index is -0.337. The summed E-state index contributed by atoms with van der Waals surface area (Å²) >= 11 is 0. The number of aromatic nitrogens is 4. The summed E-state index contributed by atoms with van der Waals surface area (Å²) in [4.78, 5) is 31.1. The van der Waals surface area contributed by atoms with Gasteiger partial charge in [0.1, 0.15) is 5.82 Å². The molecule has 0 saturated carbocycles. The smallest absolute Gasteiger partial charge is 0.294 e. The summed E-state index contributed by atoms with van der Waals surface area (Å²) in [5, 5.41) is 18.0. The molecule has 2 aliphatic rings. The fraction of sp³-hybridized carbons (Fsp3) is 0.346. The third-order valence-electron chi connectivity index (χ3n) is 7.22. The summed E-state index contributed by atoms with van der Waals surface area (Å²) in [6, 6.07) is 11.6. The van der Waals surface area contributed by atoms with Crippen molar-refractivity contribution in [1.29, 1.82) is 5.26 Å². The number of rotatable bonds is 2. The van der Waals surface area contributed by atoms with Gasteiger partial charge >= 0.3 is 0 Å². The van der Waals surface area contributed by atoms with Crippen molar-refractivity contribution in [3.05, 3.63) is 74.3 Å². The molecule has 1 saturated heterocycles. The summed E-state index contributed by atoms with van der Waals surface area (Å²) < 4.78 is 7.33. The van der Waals surface area contributed by atoms with E-state index in [1.807, 2.05) is 29.5 Å². The van der Waals surface area contributed by atoms with Crippen molar-refractivity contribution in [1.82, 2.24) is 24.5 Å². The quantitative estimate of drug-likeness (QED) is 0.484. The van der Waals surface area contributed by atoms with Crippen molar-refractivity contribution >= 4 is 22.6 Å². The number of carbonyl (C=O) groups excluding carboxylic acids is 1. The lowest BCUT2D eigenvalue weighted by molar-refractivity contribution is 0.0734. The zero-order valence-corrected chi connectivity index (χ0v) is 19.4. The highest BCUT2D eigenvalue weighted by atomic mass is 16.5. The van der Waals surface area contributed by atoms with Crippen molar-refractivity contribution in [3.63, 3.8) is 0 Å². The summed E-state index contributed by atoms with van der Waals surface area (Å²) in [5.41, 5.74) is 5.24. The molecule has 9 nitrogen and oxygen atoms in total. The average molecular weight is 469 g/mol. The van der Waals surface area contributed by atoms with Crippen LogP contribution in [0.3, 0.4) is 0 Å². The van der Waals surface area contributed by atoms with Crippen LogP contribution in [0.15, 0.2) is 35.1 Å². The highest BCUT2D eigenvalue weighted by Crippen LogP contribution is 2.29. The van der Waals surface area contributed by atoms with Gasteiger partial charge in [-0.05, 0) is 61.1 Å². The van der Waals surface area contributed by atoms with E-state index in [1.165, 1.54) is 0 Å².